The zero-order chi connectivity index (χ0) is 13.7. The Morgan fingerprint density at radius 2 is 1.78 bits per heavy atom. The standard InChI is InChI=1S/C11H12FN3O3/c12-7-3-6(11(14)18)4-8(5-7)15-10(17)2-1-9(13)16/h3-5H,1-2H2,(H2,13,16)(H2,14,18)(H,15,17). The van der Waals surface area contributed by atoms with Crippen molar-refractivity contribution in [2.45, 2.75) is 12.8 Å². The van der Waals surface area contributed by atoms with Crippen LogP contribution in [0.15, 0.2) is 18.2 Å². The van der Waals surface area contributed by atoms with Crippen molar-refractivity contribution in [1.29, 1.82) is 0 Å². The highest BCUT2D eigenvalue weighted by Gasteiger charge is 2.09. The van der Waals surface area contributed by atoms with Gasteiger partial charge in [0.05, 0.1) is 0 Å². The molecule has 0 heterocycles. The first-order chi connectivity index (χ1) is 8.38. The Bertz CT molecular complexity index is 502. The Morgan fingerprint density at radius 1 is 1.11 bits per heavy atom. The molecule has 1 aromatic carbocycles. The maximum atomic E-state index is 13.1. The SMILES string of the molecule is NC(=O)CCC(=O)Nc1cc(F)cc(C(N)=O)c1. The number of nitrogens with one attached hydrogen (secondary N) is 1. The summed E-state index contributed by atoms with van der Waals surface area (Å²) in [6.07, 6.45) is -0.221. The lowest BCUT2D eigenvalue weighted by molar-refractivity contribution is -0.122. The second-order valence-electron chi connectivity index (χ2n) is 3.61. The van der Waals surface area contributed by atoms with E-state index in [4.69, 9.17) is 11.5 Å². The molecule has 0 fully saturated rings. The summed E-state index contributed by atoms with van der Waals surface area (Å²) in [6.45, 7) is 0. The van der Waals surface area contributed by atoms with E-state index in [1.54, 1.807) is 0 Å². The molecule has 7 heteroatoms. The summed E-state index contributed by atoms with van der Waals surface area (Å²) in [6, 6.07) is 3.24. The minimum atomic E-state index is -0.804. The van der Waals surface area contributed by atoms with E-state index in [0.29, 0.717) is 0 Å². The molecule has 0 atom stereocenters. The molecule has 0 aliphatic heterocycles. The average Bonchev–Trinajstić information content (AvgIpc) is 2.25. The van der Waals surface area contributed by atoms with E-state index in [1.165, 1.54) is 6.07 Å². The topological polar surface area (TPSA) is 115 Å². The number of anilines is 1. The molecular weight excluding hydrogens is 241 g/mol. The summed E-state index contributed by atoms with van der Waals surface area (Å²) in [4.78, 5) is 32.7. The highest BCUT2D eigenvalue weighted by Crippen LogP contribution is 2.14. The second-order valence-corrected chi connectivity index (χ2v) is 3.61. The molecule has 0 aliphatic rings. The van der Waals surface area contributed by atoms with Gasteiger partial charge in [-0.2, -0.15) is 0 Å². The summed E-state index contributed by atoms with van der Waals surface area (Å²) >= 11 is 0. The van der Waals surface area contributed by atoms with Crippen molar-refractivity contribution < 1.29 is 18.8 Å². The Kier molecular flexibility index (Phi) is 4.36. The Balaban J connectivity index is 2.75. The van der Waals surface area contributed by atoms with Gasteiger partial charge in [0.2, 0.25) is 17.7 Å². The second kappa shape index (κ2) is 5.76. The van der Waals surface area contributed by atoms with Crippen LogP contribution in [0.3, 0.4) is 0 Å². The van der Waals surface area contributed by atoms with Gasteiger partial charge in [-0.05, 0) is 18.2 Å². The lowest BCUT2D eigenvalue weighted by atomic mass is 10.2. The monoisotopic (exact) mass is 253 g/mol. The highest BCUT2D eigenvalue weighted by molar-refractivity contribution is 5.97. The molecule has 18 heavy (non-hydrogen) atoms. The van der Waals surface area contributed by atoms with Gasteiger partial charge < -0.3 is 16.8 Å². The molecular formula is C11H12FN3O3. The van der Waals surface area contributed by atoms with Gasteiger partial charge in [-0.25, -0.2) is 4.39 Å². The van der Waals surface area contributed by atoms with Gasteiger partial charge in [0.15, 0.2) is 0 Å². The van der Waals surface area contributed by atoms with E-state index < -0.39 is 23.5 Å². The molecule has 5 N–H and O–H groups in total. The van der Waals surface area contributed by atoms with Crippen molar-refractivity contribution in [1.82, 2.24) is 0 Å². The molecule has 0 aliphatic carbocycles. The van der Waals surface area contributed by atoms with Gasteiger partial charge in [-0.3, -0.25) is 14.4 Å². The molecule has 3 amide bonds. The number of amides is 3. The molecule has 6 nitrogen and oxygen atoms in total. The van der Waals surface area contributed by atoms with Gasteiger partial charge in [0, 0.05) is 24.1 Å². The highest BCUT2D eigenvalue weighted by atomic mass is 19.1. The summed E-state index contributed by atoms with van der Waals surface area (Å²) in [5, 5.41) is 2.34. The molecule has 0 radical (unpaired) electrons. The first-order valence-electron chi connectivity index (χ1n) is 5.07. The van der Waals surface area contributed by atoms with Gasteiger partial charge in [0.25, 0.3) is 0 Å². The van der Waals surface area contributed by atoms with Crippen LogP contribution in [-0.4, -0.2) is 17.7 Å². The quantitative estimate of drug-likeness (QED) is 0.692. The largest absolute Gasteiger partial charge is 0.370 e. The number of halogens is 1. The molecule has 1 aromatic rings. The number of primary amides is 2. The number of carbonyl (C=O) groups excluding carboxylic acids is 3. The minimum absolute atomic E-state index is 0.0554. The zero-order valence-corrected chi connectivity index (χ0v) is 9.40. The van der Waals surface area contributed by atoms with Crippen LogP contribution >= 0.6 is 0 Å². The summed E-state index contributed by atoms with van der Waals surface area (Å²) < 4.78 is 13.1. The predicted molar refractivity (Wildman–Crippen MR) is 62.0 cm³/mol. The van der Waals surface area contributed by atoms with Crippen molar-refractivity contribution >= 4 is 23.4 Å². The van der Waals surface area contributed by atoms with Crippen LogP contribution in [0.5, 0.6) is 0 Å². The van der Waals surface area contributed by atoms with Crippen molar-refractivity contribution in [3.8, 4) is 0 Å². The van der Waals surface area contributed by atoms with E-state index >= 15 is 0 Å². The predicted octanol–water partition coefficient (Wildman–Crippen LogP) is 0.129. The molecule has 0 bridgehead atoms. The molecule has 0 spiro atoms. The molecule has 1 rings (SSSR count). The number of nitrogens with two attached hydrogens (primary N) is 2. The first kappa shape index (κ1) is 13.6. The maximum Gasteiger partial charge on any atom is 0.248 e. The normalized spacial score (nSPS) is 9.83. The van der Waals surface area contributed by atoms with Crippen LogP contribution in [0.2, 0.25) is 0 Å². The summed E-state index contributed by atoms with van der Waals surface area (Å²) in [7, 11) is 0. The molecule has 0 unspecified atom stereocenters. The number of rotatable bonds is 5. The van der Waals surface area contributed by atoms with Crippen LogP contribution in [0, 0.1) is 5.82 Å². The number of hydrogen-bond donors (Lipinski definition) is 3. The minimum Gasteiger partial charge on any atom is -0.370 e. The lowest BCUT2D eigenvalue weighted by Crippen LogP contribution is -2.18. The molecule has 96 valence electrons. The molecule has 0 saturated carbocycles. The van der Waals surface area contributed by atoms with E-state index in [0.717, 1.165) is 12.1 Å². The van der Waals surface area contributed by atoms with Crippen molar-refractivity contribution in [3.63, 3.8) is 0 Å². The van der Waals surface area contributed by atoms with E-state index in [-0.39, 0.29) is 24.1 Å². The fourth-order valence-corrected chi connectivity index (χ4v) is 1.26. The number of carbonyl (C=O) groups is 3. The Morgan fingerprint density at radius 3 is 2.33 bits per heavy atom. The Hall–Kier alpha value is -2.44. The third kappa shape index (κ3) is 4.20. The smallest absolute Gasteiger partial charge is 0.248 e. The third-order valence-electron chi connectivity index (χ3n) is 2.06. The van der Waals surface area contributed by atoms with Crippen LogP contribution in [0.4, 0.5) is 10.1 Å². The first-order valence-corrected chi connectivity index (χ1v) is 5.07. The molecule has 0 saturated heterocycles. The van der Waals surface area contributed by atoms with Crippen molar-refractivity contribution in [2.24, 2.45) is 11.5 Å². The van der Waals surface area contributed by atoms with Gasteiger partial charge in [-0.1, -0.05) is 0 Å². The summed E-state index contributed by atoms with van der Waals surface area (Å²) in [5.74, 6) is -2.62. The van der Waals surface area contributed by atoms with E-state index in [2.05, 4.69) is 5.32 Å². The Labute approximate surface area is 102 Å². The maximum absolute atomic E-state index is 13.1. The summed E-state index contributed by atoms with van der Waals surface area (Å²) in [5.41, 5.74) is 9.92. The van der Waals surface area contributed by atoms with Gasteiger partial charge in [0.1, 0.15) is 5.82 Å². The fraction of sp³-hybridized carbons (Fsp3) is 0.182. The number of hydrogen-bond acceptors (Lipinski definition) is 3. The van der Waals surface area contributed by atoms with Crippen LogP contribution in [0.25, 0.3) is 0 Å². The number of benzene rings is 1. The lowest BCUT2D eigenvalue weighted by Gasteiger charge is -2.06. The third-order valence-corrected chi connectivity index (χ3v) is 2.06. The van der Waals surface area contributed by atoms with E-state index in [9.17, 15) is 18.8 Å². The van der Waals surface area contributed by atoms with Crippen molar-refractivity contribution in [3.05, 3.63) is 29.6 Å². The fourth-order valence-electron chi connectivity index (χ4n) is 1.26. The zero-order valence-electron chi connectivity index (χ0n) is 9.40. The van der Waals surface area contributed by atoms with Gasteiger partial charge >= 0.3 is 0 Å². The average molecular weight is 253 g/mol. The van der Waals surface area contributed by atoms with Crippen molar-refractivity contribution in [2.75, 3.05) is 5.32 Å². The van der Waals surface area contributed by atoms with Crippen LogP contribution in [-0.2, 0) is 9.59 Å². The molecule has 0 aromatic heterocycles. The van der Waals surface area contributed by atoms with Gasteiger partial charge in [-0.15, -0.1) is 0 Å². The van der Waals surface area contributed by atoms with E-state index in [1.807, 2.05) is 0 Å². The van der Waals surface area contributed by atoms with Crippen LogP contribution in [0.1, 0.15) is 23.2 Å². The van der Waals surface area contributed by atoms with Crippen LogP contribution < -0.4 is 16.8 Å².